The third-order valence-corrected chi connectivity index (χ3v) is 5.60. The summed E-state index contributed by atoms with van der Waals surface area (Å²) in [5.74, 6) is -1.07. The molecule has 122 valence electrons. The second-order valence-electron chi connectivity index (χ2n) is 6.84. The third-order valence-electron chi connectivity index (χ3n) is 5.60. The largest absolute Gasteiger partial charge is 0.386 e. The fraction of sp³-hybridized carbons (Fsp3) is 0.0435. The van der Waals surface area contributed by atoms with Gasteiger partial charge in [0.1, 0.15) is 0 Å². The Labute approximate surface area is 148 Å². The van der Waals surface area contributed by atoms with Gasteiger partial charge in [-0.05, 0) is 49.9 Å². The first-order chi connectivity index (χ1) is 12.7. The van der Waals surface area contributed by atoms with E-state index in [2.05, 4.69) is 42.5 Å². The van der Waals surface area contributed by atoms with Crippen LogP contribution in [0.2, 0.25) is 0 Å². The number of rotatable bonds is 0. The van der Waals surface area contributed by atoms with E-state index in [-0.39, 0.29) is 0 Å². The number of esters is 2. The van der Waals surface area contributed by atoms with E-state index >= 15 is 0 Å². The van der Waals surface area contributed by atoms with Crippen LogP contribution in [0.3, 0.4) is 0 Å². The molecule has 0 bridgehead atoms. The van der Waals surface area contributed by atoms with E-state index < -0.39 is 11.9 Å². The fourth-order valence-electron chi connectivity index (χ4n) is 4.45. The molecular formula is C23H12O3. The molecule has 0 atom stereocenters. The predicted molar refractivity (Wildman–Crippen MR) is 99.4 cm³/mol. The number of ether oxygens (including phenoxy) is 1. The zero-order chi connectivity index (χ0) is 17.4. The van der Waals surface area contributed by atoms with Gasteiger partial charge in [-0.3, -0.25) is 0 Å². The van der Waals surface area contributed by atoms with Crippen molar-refractivity contribution in [1.82, 2.24) is 0 Å². The van der Waals surface area contributed by atoms with Crippen LogP contribution >= 0.6 is 0 Å². The van der Waals surface area contributed by atoms with Gasteiger partial charge in [0.2, 0.25) is 0 Å². The summed E-state index contributed by atoms with van der Waals surface area (Å²) in [5, 5.41) is 4.85. The van der Waals surface area contributed by atoms with E-state index in [1.165, 1.54) is 27.1 Å². The summed E-state index contributed by atoms with van der Waals surface area (Å²) in [6.45, 7) is 0. The molecule has 3 nitrogen and oxygen atoms in total. The molecule has 0 N–H and O–H groups in total. The molecule has 1 aliphatic carbocycles. The first-order valence-corrected chi connectivity index (χ1v) is 8.58. The molecule has 1 heterocycles. The van der Waals surface area contributed by atoms with Gasteiger partial charge in [-0.25, -0.2) is 9.59 Å². The van der Waals surface area contributed by atoms with E-state index in [0.717, 1.165) is 16.7 Å². The Morgan fingerprint density at radius 3 is 2.27 bits per heavy atom. The van der Waals surface area contributed by atoms with Crippen LogP contribution in [0, 0.1) is 0 Å². The zero-order valence-electron chi connectivity index (χ0n) is 13.7. The lowest BCUT2D eigenvalue weighted by Gasteiger charge is -2.09. The van der Waals surface area contributed by atoms with Gasteiger partial charge in [0.15, 0.2) is 0 Å². The van der Waals surface area contributed by atoms with Crippen LogP contribution in [0.5, 0.6) is 0 Å². The van der Waals surface area contributed by atoms with Gasteiger partial charge in [-0.15, -0.1) is 0 Å². The number of cyclic esters (lactones) is 2. The number of carbonyl (C=O) groups is 2. The topological polar surface area (TPSA) is 43.4 Å². The molecule has 0 unspecified atom stereocenters. The highest BCUT2D eigenvalue weighted by Gasteiger charge is 2.36. The average molecular weight is 336 g/mol. The molecule has 26 heavy (non-hydrogen) atoms. The Balaban J connectivity index is 1.67. The van der Waals surface area contributed by atoms with Crippen molar-refractivity contribution in [3.8, 4) is 11.1 Å². The Morgan fingerprint density at radius 2 is 1.35 bits per heavy atom. The molecule has 1 aliphatic heterocycles. The minimum atomic E-state index is -0.542. The standard InChI is InChI=1S/C23H12O3/c24-22-18-10-9-17-16-8-7-14-13-4-2-1-3-12(13)5-6-15(14)19(16)11-20(17)21(18)23(25)26-22/h1-10H,11H2. The predicted octanol–water partition coefficient (Wildman–Crippen LogP) is 4.87. The molecular weight excluding hydrogens is 324 g/mol. The van der Waals surface area contributed by atoms with E-state index in [0.29, 0.717) is 17.5 Å². The van der Waals surface area contributed by atoms with Crippen molar-refractivity contribution in [3.63, 3.8) is 0 Å². The van der Waals surface area contributed by atoms with Crippen molar-refractivity contribution in [1.29, 1.82) is 0 Å². The summed E-state index contributed by atoms with van der Waals surface area (Å²) < 4.78 is 4.82. The molecule has 0 aromatic heterocycles. The van der Waals surface area contributed by atoms with Gasteiger partial charge in [0.25, 0.3) is 0 Å². The number of hydrogen-bond donors (Lipinski definition) is 0. The lowest BCUT2D eigenvalue weighted by atomic mass is 9.95. The lowest BCUT2D eigenvalue weighted by molar-refractivity contribution is 0.0443. The Hall–Kier alpha value is -3.46. The maximum absolute atomic E-state index is 12.2. The molecule has 0 saturated heterocycles. The van der Waals surface area contributed by atoms with Crippen LogP contribution in [0.15, 0.2) is 60.7 Å². The first kappa shape index (κ1) is 13.8. The normalized spacial score (nSPS) is 14.5. The highest BCUT2D eigenvalue weighted by molar-refractivity contribution is 6.17. The number of benzene rings is 4. The van der Waals surface area contributed by atoms with Crippen molar-refractivity contribution < 1.29 is 14.3 Å². The Bertz CT molecular complexity index is 1310. The summed E-state index contributed by atoms with van der Waals surface area (Å²) in [6.07, 6.45) is 0.645. The number of carbonyl (C=O) groups excluding carboxylic acids is 2. The smallest absolute Gasteiger partial charge is 0.347 e. The van der Waals surface area contributed by atoms with E-state index in [1.54, 1.807) is 6.07 Å². The van der Waals surface area contributed by atoms with Crippen molar-refractivity contribution in [2.45, 2.75) is 6.42 Å². The minimum Gasteiger partial charge on any atom is -0.386 e. The van der Waals surface area contributed by atoms with Gasteiger partial charge in [0.05, 0.1) is 11.1 Å². The maximum Gasteiger partial charge on any atom is 0.347 e. The van der Waals surface area contributed by atoms with Gasteiger partial charge >= 0.3 is 11.9 Å². The maximum atomic E-state index is 12.2. The molecule has 0 fully saturated rings. The molecule has 3 heteroatoms. The SMILES string of the molecule is O=C1OC(=O)c2c1ccc1c2Cc2c-1ccc1c2ccc2ccccc21. The summed E-state index contributed by atoms with van der Waals surface area (Å²) >= 11 is 0. The number of fused-ring (bicyclic) bond motifs is 9. The second kappa shape index (κ2) is 4.58. The van der Waals surface area contributed by atoms with Crippen LogP contribution < -0.4 is 0 Å². The first-order valence-electron chi connectivity index (χ1n) is 8.58. The summed E-state index contributed by atoms with van der Waals surface area (Å²) in [5.41, 5.74) is 5.12. The molecule has 2 aliphatic rings. The van der Waals surface area contributed by atoms with Crippen molar-refractivity contribution in [3.05, 3.63) is 82.9 Å². The Morgan fingerprint density at radius 1 is 0.615 bits per heavy atom. The van der Waals surface area contributed by atoms with E-state index in [9.17, 15) is 9.59 Å². The van der Waals surface area contributed by atoms with Gasteiger partial charge < -0.3 is 4.74 Å². The van der Waals surface area contributed by atoms with E-state index in [1.807, 2.05) is 12.1 Å². The summed E-state index contributed by atoms with van der Waals surface area (Å²) in [7, 11) is 0. The molecule has 6 rings (SSSR count). The lowest BCUT2D eigenvalue weighted by Crippen LogP contribution is -1.99. The second-order valence-corrected chi connectivity index (χ2v) is 6.84. The van der Waals surface area contributed by atoms with Crippen LogP contribution in [0.1, 0.15) is 31.8 Å². The highest BCUT2D eigenvalue weighted by atomic mass is 16.6. The quantitative estimate of drug-likeness (QED) is 0.230. The molecule has 0 saturated carbocycles. The molecule has 0 radical (unpaired) electrons. The van der Waals surface area contributed by atoms with Crippen LogP contribution in [0.4, 0.5) is 0 Å². The number of hydrogen-bond acceptors (Lipinski definition) is 3. The molecule has 0 spiro atoms. The van der Waals surface area contributed by atoms with E-state index in [4.69, 9.17) is 4.74 Å². The third kappa shape index (κ3) is 1.58. The molecule has 4 aromatic rings. The van der Waals surface area contributed by atoms with Crippen LogP contribution in [-0.2, 0) is 11.2 Å². The minimum absolute atomic E-state index is 0.385. The van der Waals surface area contributed by atoms with Crippen LogP contribution in [0.25, 0.3) is 32.7 Å². The van der Waals surface area contributed by atoms with Gasteiger partial charge in [-0.1, -0.05) is 54.6 Å². The highest BCUT2D eigenvalue weighted by Crippen LogP contribution is 2.44. The fourth-order valence-corrected chi connectivity index (χ4v) is 4.45. The monoisotopic (exact) mass is 336 g/mol. The van der Waals surface area contributed by atoms with Gasteiger partial charge in [0, 0.05) is 6.42 Å². The zero-order valence-corrected chi connectivity index (χ0v) is 13.7. The van der Waals surface area contributed by atoms with Crippen molar-refractivity contribution in [2.24, 2.45) is 0 Å². The Kier molecular flexibility index (Phi) is 2.43. The van der Waals surface area contributed by atoms with Crippen molar-refractivity contribution in [2.75, 3.05) is 0 Å². The van der Waals surface area contributed by atoms with Crippen LogP contribution in [-0.4, -0.2) is 11.9 Å². The average Bonchev–Trinajstić information content (AvgIpc) is 3.18. The van der Waals surface area contributed by atoms with Crippen molar-refractivity contribution >= 4 is 33.5 Å². The molecule has 0 amide bonds. The summed E-state index contributed by atoms with van der Waals surface area (Å²) in [4.78, 5) is 24.0. The molecule has 4 aromatic carbocycles. The summed E-state index contributed by atoms with van der Waals surface area (Å²) in [6, 6.07) is 20.6. The van der Waals surface area contributed by atoms with Gasteiger partial charge in [-0.2, -0.15) is 0 Å².